The van der Waals surface area contributed by atoms with Crippen LogP contribution in [0.3, 0.4) is 0 Å². The largest absolute Gasteiger partial charge is 0.508 e. The van der Waals surface area contributed by atoms with Gasteiger partial charge in [0.15, 0.2) is 5.79 Å². The van der Waals surface area contributed by atoms with Gasteiger partial charge < -0.3 is 19.7 Å². The van der Waals surface area contributed by atoms with Crippen LogP contribution < -0.4 is 0 Å². The first-order chi connectivity index (χ1) is 9.85. The van der Waals surface area contributed by atoms with Crippen LogP contribution in [0, 0.1) is 0 Å². The van der Waals surface area contributed by atoms with Gasteiger partial charge in [0.05, 0.1) is 12.2 Å². The highest BCUT2D eigenvalue weighted by molar-refractivity contribution is 5.80. The predicted octanol–water partition coefficient (Wildman–Crippen LogP) is 1.72. The number of aliphatic hydroxyl groups is 1. The van der Waals surface area contributed by atoms with E-state index in [1.165, 1.54) is 0 Å². The van der Waals surface area contributed by atoms with Crippen molar-refractivity contribution in [3.05, 3.63) is 29.8 Å². The monoisotopic (exact) mass is 292 g/mol. The fraction of sp³-hybridized carbons (Fsp3) is 0.562. The maximum absolute atomic E-state index is 12.0. The van der Waals surface area contributed by atoms with Gasteiger partial charge in [0, 0.05) is 18.8 Å². The molecule has 3 rings (SSSR count). The van der Waals surface area contributed by atoms with Gasteiger partial charge in [-0.05, 0) is 31.5 Å². The zero-order valence-electron chi connectivity index (χ0n) is 12.2. The van der Waals surface area contributed by atoms with Crippen LogP contribution in [0.2, 0.25) is 0 Å². The van der Waals surface area contributed by atoms with Crippen LogP contribution in [0.15, 0.2) is 24.3 Å². The van der Waals surface area contributed by atoms with Gasteiger partial charge in [0.2, 0.25) is 0 Å². The molecule has 0 radical (unpaired) electrons. The van der Waals surface area contributed by atoms with Gasteiger partial charge in [-0.25, -0.2) is 0 Å². The summed E-state index contributed by atoms with van der Waals surface area (Å²) in [5.41, 5.74) is 0.909. The Bertz CT molecular complexity index is 536. The standard InChI is InChI=1S/C16H20O5/c1-16(2)20-14-12(9-3-5-10(17)6-4-9)7-11(18)8-13(19)15(14)21-16/h3-6,12-15,17,19H,7-8H2,1-2H3/t12-,13+,14-,15+/m0/s1. The number of rotatable bonds is 1. The minimum atomic E-state index is -0.841. The van der Waals surface area contributed by atoms with E-state index in [9.17, 15) is 15.0 Å². The number of phenols is 1. The first kappa shape index (κ1) is 14.5. The van der Waals surface area contributed by atoms with Crippen molar-refractivity contribution in [1.82, 2.24) is 0 Å². The second kappa shape index (κ2) is 5.09. The van der Waals surface area contributed by atoms with Crippen molar-refractivity contribution in [2.24, 2.45) is 0 Å². The molecule has 1 heterocycles. The summed E-state index contributed by atoms with van der Waals surface area (Å²) >= 11 is 0. The molecule has 5 heteroatoms. The second-order valence-corrected chi connectivity index (χ2v) is 6.28. The first-order valence-corrected chi connectivity index (χ1v) is 7.20. The molecule has 0 amide bonds. The molecule has 1 aromatic rings. The van der Waals surface area contributed by atoms with Gasteiger partial charge in [-0.1, -0.05) is 12.1 Å². The molecule has 5 nitrogen and oxygen atoms in total. The van der Waals surface area contributed by atoms with E-state index in [0.717, 1.165) is 5.56 Å². The Morgan fingerprint density at radius 1 is 1.10 bits per heavy atom. The molecular weight excluding hydrogens is 272 g/mol. The SMILES string of the molecule is CC1(C)O[C@@H]2[C@H](O1)[C@H](O)CC(=O)C[C@H]2c1ccc(O)cc1. The van der Waals surface area contributed by atoms with Crippen molar-refractivity contribution in [2.75, 3.05) is 0 Å². The number of hydrogen-bond acceptors (Lipinski definition) is 5. The Morgan fingerprint density at radius 3 is 2.38 bits per heavy atom. The van der Waals surface area contributed by atoms with Gasteiger partial charge in [0.25, 0.3) is 0 Å². The Labute approximate surface area is 123 Å². The number of carbonyl (C=O) groups excluding carboxylic acids is 1. The molecule has 0 spiro atoms. The molecule has 1 aliphatic heterocycles. The van der Waals surface area contributed by atoms with Crippen LogP contribution in [-0.4, -0.2) is 40.1 Å². The third kappa shape index (κ3) is 2.81. The average molecular weight is 292 g/mol. The molecule has 1 aliphatic carbocycles. The zero-order chi connectivity index (χ0) is 15.2. The lowest BCUT2D eigenvalue weighted by molar-refractivity contribution is -0.160. The van der Waals surface area contributed by atoms with Crippen LogP contribution in [0.1, 0.15) is 38.2 Å². The van der Waals surface area contributed by atoms with Gasteiger partial charge in [0.1, 0.15) is 17.6 Å². The number of aliphatic hydroxyl groups excluding tert-OH is 1. The van der Waals surface area contributed by atoms with Crippen molar-refractivity contribution in [2.45, 2.75) is 56.7 Å². The third-order valence-electron chi connectivity index (χ3n) is 4.15. The average Bonchev–Trinajstić information content (AvgIpc) is 2.68. The Kier molecular flexibility index (Phi) is 3.51. The summed E-state index contributed by atoms with van der Waals surface area (Å²) < 4.78 is 11.7. The zero-order valence-corrected chi connectivity index (χ0v) is 12.2. The van der Waals surface area contributed by atoms with Crippen LogP contribution in [0.25, 0.3) is 0 Å². The molecule has 2 fully saturated rings. The molecule has 2 aliphatic rings. The van der Waals surface area contributed by atoms with Crippen LogP contribution >= 0.6 is 0 Å². The molecule has 0 aromatic heterocycles. The molecule has 21 heavy (non-hydrogen) atoms. The summed E-state index contributed by atoms with van der Waals surface area (Å²) in [7, 11) is 0. The molecule has 2 N–H and O–H groups in total. The number of carbonyl (C=O) groups is 1. The Hall–Kier alpha value is -1.43. The first-order valence-electron chi connectivity index (χ1n) is 7.20. The minimum absolute atomic E-state index is 0.0000175. The van der Waals surface area contributed by atoms with Crippen molar-refractivity contribution in [3.8, 4) is 5.75 Å². The van der Waals surface area contributed by atoms with E-state index in [1.807, 2.05) is 13.8 Å². The van der Waals surface area contributed by atoms with E-state index in [-0.39, 0.29) is 30.0 Å². The predicted molar refractivity (Wildman–Crippen MR) is 74.9 cm³/mol. The van der Waals surface area contributed by atoms with Crippen LogP contribution in [0.4, 0.5) is 0 Å². The molecule has 0 unspecified atom stereocenters. The maximum atomic E-state index is 12.0. The number of Topliss-reactive ketones (excluding diaryl/α,β-unsaturated/α-hetero) is 1. The summed E-state index contributed by atoms with van der Waals surface area (Å²) in [4.78, 5) is 12.0. The number of benzene rings is 1. The lowest BCUT2D eigenvalue weighted by Crippen LogP contribution is -2.36. The summed E-state index contributed by atoms with van der Waals surface area (Å²) in [5.74, 6) is -0.771. The highest BCUT2D eigenvalue weighted by Crippen LogP contribution is 2.42. The molecular formula is C16H20O5. The molecule has 4 atom stereocenters. The molecule has 1 aromatic carbocycles. The molecule has 114 valence electrons. The van der Waals surface area contributed by atoms with Gasteiger partial charge in [-0.3, -0.25) is 4.79 Å². The Morgan fingerprint density at radius 2 is 1.71 bits per heavy atom. The van der Waals surface area contributed by atoms with E-state index in [4.69, 9.17) is 9.47 Å². The Balaban J connectivity index is 1.96. The maximum Gasteiger partial charge on any atom is 0.163 e. The summed E-state index contributed by atoms with van der Waals surface area (Å²) in [6.45, 7) is 3.62. The van der Waals surface area contributed by atoms with Crippen LogP contribution in [0.5, 0.6) is 5.75 Å². The van der Waals surface area contributed by atoms with E-state index >= 15 is 0 Å². The van der Waals surface area contributed by atoms with Gasteiger partial charge in [-0.2, -0.15) is 0 Å². The fourth-order valence-electron chi connectivity index (χ4n) is 3.25. The van der Waals surface area contributed by atoms with E-state index < -0.39 is 18.0 Å². The smallest absolute Gasteiger partial charge is 0.163 e. The van der Waals surface area contributed by atoms with Gasteiger partial charge >= 0.3 is 0 Å². The van der Waals surface area contributed by atoms with Crippen molar-refractivity contribution < 1.29 is 24.5 Å². The lowest BCUT2D eigenvalue weighted by atomic mass is 9.88. The third-order valence-corrected chi connectivity index (χ3v) is 4.15. The summed E-state index contributed by atoms with van der Waals surface area (Å²) in [5, 5.41) is 19.6. The number of ketones is 1. The normalized spacial score (nSPS) is 35.3. The number of phenolic OH excluding ortho intramolecular Hbond substituents is 1. The van der Waals surface area contributed by atoms with E-state index in [2.05, 4.69) is 0 Å². The van der Waals surface area contributed by atoms with Crippen LogP contribution in [-0.2, 0) is 14.3 Å². The fourth-order valence-corrected chi connectivity index (χ4v) is 3.25. The number of fused-ring (bicyclic) bond motifs is 1. The topological polar surface area (TPSA) is 76.0 Å². The summed E-state index contributed by atoms with van der Waals surface area (Å²) in [6, 6.07) is 6.77. The number of hydrogen-bond donors (Lipinski definition) is 2. The van der Waals surface area contributed by atoms with E-state index in [1.54, 1.807) is 24.3 Å². The van der Waals surface area contributed by atoms with Crippen molar-refractivity contribution in [3.63, 3.8) is 0 Å². The number of aromatic hydroxyl groups is 1. The molecule has 1 saturated heterocycles. The lowest BCUT2D eigenvalue weighted by Gasteiger charge is -2.25. The summed E-state index contributed by atoms with van der Waals surface area (Å²) in [6.07, 6.45) is -1.32. The second-order valence-electron chi connectivity index (χ2n) is 6.28. The van der Waals surface area contributed by atoms with Crippen molar-refractivity contribution in [1.29, 1.82) is 0 Å². The molecule has 1 saturated carbocycles. The number of ether oxygens (including phenoxy) is 2. The van der Waals surface area contributed by atoms with Gasteiger partial charge in [-0.15, -0.1) is 0 Å². The van der Waals surface area contributed by atoms with E-state index in [0.29, 0.717) is 6.42 Å². The quantitative estimate of drug-likeness (QED) is 0.824. The van der Waals surface area contributed by atoms with Crippen molar-refractivity contribution >= 4 is 5.78 Å². The minimum Gasteiger partial charge on any atom is -0.508 e. The molecule has 0 bridgehead atoms. The highest BCUT2D eigenvalue weighted by Gasteiger charge is 2.50. The highest BCUT2D eigenvalue weighted by atomic mass is 16.8.